The van der Waals surface area contributed by atoms with Crippen molar-refractivity contribution in [1.29, 1.82) is 0 Å². The number of carboxylic acids is 1. The Morgan fingerprint density at radius 3 is 2.47 bits per heavy atom. The van der Waals surface area contributed by atoms with Crippen molar-refractivity contribution in [3.8, 4) is 5.75 Å². The first-order valence-electron chi connectivity index (χ1n) is 6.38. The molecule has 3 N–H and O–H groups in total. The van der Waals surface area contributed by atoms with E-state index in [2.05, 4.69) is 5.32 Å². The normalized spacial score (nSPS) is 13.8. The summed E-state index contributed by atoms with van der Waals surface area (Å²) in [5.74, 6) is -0.196. The Kier molecular flexibility index (Phi) is 6.32. The molecule has 0 aliphatic carbocycles. The summed E-state index contributed by atoms with van der Waals surface area (Å²) >= 11 is 0. The largest absolute Gasteiger partial charge is 0.494 e. The average molecular weight is 267 g/mol. The van der Waals surface area contributed by atoms with Gasteiger partial charge in [-0.1, -0.05) is 19.1 Å². The van der Waals surface area contributed by atoms with Crippen molar-refractivity contribution in [2.24, 2.45) is 0 Å². The van der Waals surface area contributed by atoms with Gasteiger partial charge in [0.15, 0.2) is 0 Å². The number of aliphatic hydroxyl groups excluding tert-OH is 1. The van der Waals surface area contributed by atoms with Crippen LogP contribution in [0.3, 0.4) is 0 Å². The van der Waals surface area contributed by atoms with E-state index in [0.29, 0.717) is 12.2 Å². The lowest BCUT2D eigenvalue weighted by atomic mass is 10.00. The molecule has 0 aliphatic rings. The summed E-state index contributed by atoms with van der Waals surface area (Å²) in [5.41, 5.74) is 0.671. The third kappa shape index (κ3) is 4.89. The Morgan fingerprint density at radius 1 is 1.37 bits per heavy atom. The maximum Gasteiger partial charge on any atom is 0.305 e. The molecule has 19 heavy (non-hydrogen) atoms. The highest BCUT2D eigenvalue weighted by Crippen LogP contribution is 2.22. The van der Waals surface area contributed by atoms with Gasteiger partial charge in [0.05, 0.1) is 19.1 Å². The fraction of sp³-hybridized carbons (Fsp3) is 0.500. The molecule has 1 rings (SSSR count). The Morgan fingerprint density at radius 2 is 2.00 bits per heavy atom. The molecule has 0 spiro atoms. The first-order valence-corrected chi connectivity index (χ1v) is 6.38. The Balaban J connectivity index is 2.70. The number of ether oxygens (including phenoxy) is 1. The molecular weight excluding hydrogens is 246 g/mol. The summed E-state index contributed by atoms with van der Waals surface area (Å²) in [5, 5.41) is 21.7. The molecule has 0 aromatic heterocycles. The summed E-state index contributed by atoms with van der Waals surface area (Å²) in [6, 6.07) is 6.55. The van der Waals surface area contributed by atoms with Crippen molar-refractivity contribution < 1.29 is 19.7 Å². The molecule has 0 amide bonds. The number of aliphatic hydroxyl groups is 1. The van der Waals surface area contributed by atoms with E-state index in [-0.39, 0.29) is 6.42 Å². The van der Waals surface area contributed by atoms with E-state index in [1.807, 2.05) is 6.92 Å². The van der Waals surface area contributed by atoms with Crippen LogP contribution in [0, 0.1) is 0 Å². The van der Waals surface area contributed by atoms with E-state index in [1.165, 1.54) is 0 Å². The third-order valence-electron chi connectivity index (χ3n) is 2.84. The van der Waals surface area contributed by atoms with Crippen LogP contribution in [0.15, 0.2) is 24.3 Å². The van der Waals surface area contributed by atoms with Crippen molar-refractivity contribution in [1.82, 2.24) is 5.32 Å². The zero-order valence-electron chi connectivity index (χ0n) is 11.3. The average Bonchev–Trinajstić information content (AvgIpc) is 2.42. The third-order valence-corrected chi connectivity index (χ3v) is 2.84. The predicted octanol–water partition coefficient (Wildman–Crippen LogP) is 1.57. The number of aliphatic carboxylic acids is 1. The van der Waals surface area contributed by atoms with E-state index in [1.54, 1.807) is 31.3 Å². The molecule has 0 aliphatic heterocycles. The van der Waals surface area contributed by atoms with Gasteiger partial charge in [-0.05, 0) is 31.2 Å². The number of benzene rings is 1. The van der Waals surface area contributed by atoms with Crippen LogP contribution < -0.4 is 10.1 Å². The molecular formula is C14H21NO4. The van der Waals surface area contributed by atoms with Crippen molar-refractivity contribution >= 4 is 5.97 Å². The molecule has 106 valence electrons. The Hall–Kier alpha value is -1.59. The number of hydrogen-bond acceptors (Lipinski definition) is 4. The zero-order chi connectivity index (χ0) is 14.3. The maximum absolute atomic E-state index is 10.7. The lowest BCUT2D eigenvalue weighted by molar-refractivity contribution is -0.138. The molecule has 2 unspecified atom stereocenters. The van der Waals surface area contributed by atoms with Crippen molar-refractivity contribution in [3.05, 3.63) is 29.8 Å². The molecule has 5 nitrogen and oxygen atoms in total. The van der Waals surface area contributed by atoms with E-state index in [0.717, 1.165) is 12.2 Å². The highest BCUT2D eigenvalue weighted by atomic mass is 16.5. The van der Waals surface area contributed by atoms with Crippen molar-refractivity contribution in [3.63, 3.8) is 0 Å². The standard InChI is InChI=1S/C14H21NO4/c1-3-8-19-11-6-4-10(5-7-11)14(18)12(15-2)9-13(16)17/h4-7,12,14-15,18H,3,8-9H2,1-2H3,(H,16,17). The fourth-order valence-corrected chi connectivity index (χ4v) is 1.77. The van der Waals surface area contributed by atoms with E-state index < -0.39 is 18.1 Å². The monoisotopic (exact) mass is 267 g/mol. The van der Waals surface area contributed by atoms with Gasteiger partial charge in [0.25, 0.3) is 0 Å². The first kappa shape index (κ1) is 15.5. The molecule has 2 atom stereocenters. The van der Waals surface area contributed by atoms with Crippen LogP contribution in [-0.4, -0.2) is 35.9 Å². The zero-order valence-corrected chi connectivity index (χ0v) is 11.3. The molecule has 0 heterocycles. The van der Waals surface area contributed by atoms with Gasteiger partial charge >= 0.3 is 5.97 Å². The second-order valence-electron chi connectivity index (χ2n) is 4.36. The van der Waals surface area contributed by atoms with Gasteiger partial charge in [-0.25, -0.2) is 0 Å². The van der Waals surface area contributed by atoms with Crippen LogP contribution in [0.25, 0.3) is 0 Å². The molecule has 1 aromatic rings. The van der Waals surface area contributed by atoms with Gasteiger partial charge in [0.1, 0.15) is 5.75 Å². The van der Waals surface area contributed by atoms with Crippen LogP contribution in [0.4, 0.5) is 0 Å². The second-order valence-corrected chi connectivity index (χ2v) is 4.36. The molecule has 0 saturated heterocycles. The topological polar surface area (TPSA) is 78.8 Å². The summed E-state index contributed by atoms with van der Waals surface area (Å²) in [4.78, 5) is 10.7. The molecule has 5 heteroatoms. The minimum atomic E-state index is -0.943. The van der Waals surface area contributed by atoms with Crippen LogP contribution in [0.1, 0.15) is 31.4 Å². The smallest absolute Gasteiger partial charge is 0.305 e. The molecule has 0 bridgehead atoms. The summed E-state index contributed by atoms with van der Waals surface area (Å²) in [7, 11) is 1.63. The highest BCUT2D eigenvalue weighted by Gasteiger charge is 2.21. The predicted molar refractivity (Wildman–Crippen MR) is 72.3 cm³/mol. The number of nitrogens with one attached hydrogen (secondary N) is 1. The van der Waals surface area contributed by atoms with Gasteiger partial charge in [0.2, 0.25) is 0 Å². The summed E-state index contributed by atoms with van der Waals surface area (Å²) < 4.78 is 5.45. The van der Waals surface area contributed by atoms with Crippen molar-refractivity contribution in [2.75, 3.05) is 13.7 Å². The summed E-state index contributed by atoms with van der Waals surface area (Å²) in [6.07, 6.45) is -0.0577. The van der Waals surface area contributed by atoms with Gasteiger partial charge in [0, 0.05) is 6.04 Å². The number of rotatable bonds is 8. The lowest BCUT2D eigenvalue weighted by Gasteiger charge is -2.21. The van der Waals surface area contributed by atoms with Gasteiger partial charge < -0.3 is 20.3 Å². The van der Waals surface area contributed by atoms with Crippen LogP contribution in [0.5, 0.6) is 5.75 Å². The highest BCUT2D eigenvalue weighted by molar-refractivity contribution is 5.67. The number of carbonyl (C=O) groups is 1. The Labute approximate surface area is 113 Å². The van der Waals surface area contributed by atoms with E-state index in [9.17, 15) is 9.90 Å². The molecule has 0 saturated carbocycles. The van der Waals surface area contributed by atoms with Crippen LogP contribution >= 0.6 is 0 Å². The number of likely N-dealkylation sites (N-methyl/N-ethyl adjacent to an activating group) is 1. The minimum absolute atomic E-state index is 0.133. The summed E-state index contributed by atoms with van der Waals surface area (Å²) in [6.45, 7) is 2.68. The van der Waals surface area contributed by atoms with E-state index in [4.69, 9.17) is 9.84 Å². The quantitative estimate of drug-likeness (QED) is 0.666. The van der Waals surface area contributed by atoms with Gasteiger partial charge in [-0.15, -0.1) is 0 Å². The first-order chi connectivity index (χ1) is 9.08. The SMILES string of the molecule is CCCOc1ccc(C(O)C(CC(=O)O)NC)cc1. The molecule has 1 aromatic carbocycles. The fourth-order valence-electron chi connectivity index (χ4n) is 1.77. The minimum Gasteiger partial charge on any atom is -0.494 e. The number of hydrogen-bond donors (Lipinski definition) is 3. The lowest BCUT2D eigenvalue weighted by Crippen LogP contribution is -2.34. The van der Waals surface area contributed by atoms with Crippen LogP contribution in [-0.2, 0) is 4.79 Å². The van der Waals surface area contributed by atoms with Crippen LogP contribution in [0.2, 0.25) is 0 Å². The Bertz CT molecular complexity index is 391. The van der Waals surface area contributed by atoms with Gasteiger partial charge in [-0.2, -0.15) is 0 Å². The molecule has 0 fully saturated rings. The van der Waals surface area contributed by atoms with Gasteiger partial charge in [-0.3, -0.25) is 4.79 Å². The molecule has 0 radical (unpaired) electrons. The second kappa shape index (κ2) is 7.76. The maximum atomic E-state index is 10.7. The number of carboxylic acid groups (broad SMARTS) is 1. The van der Waals surface area contributed by atoms with E-state index >= 15 is 0 Å². The van der Waals surface area contributed by atoms with Crippen molar-refractivity contribution in [2.45, 2.75) is 31.9 Å².